The lowest BCUT2D eigenvalue weighted by Crippen LogP contribution is -2.50. The van der Waals surface area contributed by atoms with Gasteiger partial charge in [0.15, 0.2) is 0 Å². The summed E-state index contributed by atoms with van der Waals surface area (Å²) in [6, 6.07) is 0.133. The Hall–Kier alpha value is -0.770. The van der Waals surface area contributed by atoms with E-state index in [1.807, 2.05) is 4.90 Å². The van der Waals surface area contributed by atoms with Crippen molar-refractivity contribution in [3.63, 3.8) is 0 Å². The van der Waals surface area contributed by atoms with E-state index >= 15 is 0 Å². The van der Waals surface area contributed by atoms with E-state index in [1.54, 1.807) is 0 Å². The molecular formula is C15H26N2O2. The number of hydrogen-bond acceptors (Lipinski definition) is 2. The third-order valence-electron chi connectivity index (χ3n) is 5.35. The molecular weight excluding hydrogens is 240 g/mol. The first-order valence-electron chi connectivity index (χ1n) is 7.61. The monoisotopic (exact) mass is 266 g/mol. The normalized spacial score (nSPS) is 36.5. The van der Waals surface area contributed by atoms with Gasteiger partial charge >= 0.3 is 6.03 Å². The van der Waals surface area contributed by atoms with Gasteiger partial charge in [0.2, 0.25) is 0 Å². The zero-order chi connectivity index (χ0) is 13.5. The predicted octanol–water partition coefficient (Wildman–Crippen LogP) is 2.24. The first-order valence-corrected chi connectivity index (χ1v) is 7.61. The maximum absolute atomic E-state index is 12.3. The second-order valence-electron chi connectivity index (χ2n) is 7.40. The van der Waals surface area contributed by atoms with E-state index in [0.717, 1.165) is 45.7 Å². The lowest BCUT2D eigenvalue weighted by Gasteiger charge is -2.39. The molecule has 2 amide bonds. The highest BCUT2D eigenvalue weighted by atomic mass is 16.5. The van der Waals surface area contributed by atoms with Gasteiger partial charge in [-0.05, 0) is 37.0 Å². The number of ether oxygens (including phenoxy) is 1. The fourth-order valence-electron chi connectivity index (χ4n) is 3.60. The number of hydrogen-bond donors (Lipinski definition) is 1. The van der Waals surface area contributed by atoms with Crippen LogP contribution in [-0.2, 0) is 4.74 Å². The number of likely N-dealkylation sites (tertiary alicyclic amines) is 1. The summed E-state index contributed by atoms with van der Waals surface area (Å²) in [4.78, 5) is 14.3. The summed E-state index contributed by atoms with van der Waals surface area (Å²) in [5.74, 6) is 0.671. The molecule has 1 aliphatic carbocycles. The minimum atomic E-state index is 0.133. The first-order chi connectivity index (χ1) is 9.01. The standard InChI is InChI=1S/C15H26N2O2/c1-14(2)8-12(14)9-16-13(18)17-6-3-4-15(10-17)5-7-19-11-15/h12H,3-11H2,1-2H3,(H,16,18). The van der Waals surface area contributed by atoms with Crippen LogP contribution in [0.4, 0.5) is 4.79 Å². The van der Waals surface area contributed by atoms with Crippen molar-refractivity contribution in [2.24, 2.45) is 16.7 Å². The number of amides is 2. The minimum absolute atomic E-state index is 0.133. The summed E-state index contributed by atoms with van der Waals surface area (Å²) in [6.45, 7) is 8.88. The molecule has 19 heavy (non-hydrogen) atoms. The van der Waals surface area contributed by atoms with Gasteiger partial charge in [0.25, 0.3) is 0 Å². The molecule has 1 spiro atoms. The fourth-order valence-corrected chi connectivity index (χ4v) is 3.60. The summed E-state index contributed by atoms with van der Waals surface area (Å²) in [5, 5.41) is 3.12. The van der Waals surface area contributed by atoms with Crippen LogP contribution in [0.3, 0.4) is 0 Å². The molecule has 0 aromatic rings. The van der Waals surface area contributed by atoms with Crippen molar-refractivity contribution in [2.45, 2.75) is 39.5 Å². The summed E-state index contributed by atoms with van der Waals surface area (Å²) in [6.07, 6.45) is 4.69. The largest absolute Gasteiger partial charge is 0.381 e. The van der Waals surface area contributed by atoms with Gasteiger partial charge in [-0.15, -0.1) is 0 Å². The van der Waals surface area contributed by atoms with Gasteiger partial charge < -0.3 is 15.0 Å². The molecule has 2 saturated heterocycles. The highest BCUT2D eigenvalue weighted by molar-refractivity contribution is 5.74. The Kier molecular flexibility index (Phi) is 3.24. The lowest BCUT2D eigenvalue weighted by atomic mass is 9.79. The van der Waals surface area contributed by atoms with Crippen LogP contribution < -0.4 is 5.32 Å². The van der Waals surface area contributed by atoms with Crippen molar-refractivity contribution in [1.29, 1.82) is 0 Å². The zero-order valence-corrected chi connectivity index (χ0v) is 12.2. The summed E-state index contributed by atoms with van der Waals surface area (Å²) >= 11 is 0. The molecule has 0 radical (unpaired) electrons. The molecule has 108 valence electrons. The molecule has 4 heteroatoms. The van der Waals surface area contributed by atoms with Crippen LogP contribution in [0, 0.1) is 16.7 Å². The molecule has 3 aliphatic rings. The van der Waals surface area contributed by atoms with Crippen molar-refractivity contribution in [3.05, 3.63) is 0 Å². The van der Waals surface area contributed by atoms with Gasteiger partial charge in [0.1, 0.15) is 0 Å². The van der Waals surface area contributed by atoms with Crippen LogP contribution in [-0.4, -0.2) is 43.8 Å². The molecule has 2 atom stereocenters. The molecule has 1 N–H and O–H groups in total. The Morgan fingerprint density at radius 3 is 2.84 bits per heavy atom. The number of carbonyl (C=O) groups excluding carboxylic acids is 1. The quantitative estimate of drug-likeness (QED) is 0.833. The van der Waals surface area contributed by atoms with Crippen LogP contribution in [0.25, 0.3) is 0 Å². The van der Waals surface area contributed by atoms with Gasteiger partial charge in [-0.2, -0.15) is 0 Å². The molecule has 0 bridgehead atoms. The second kappa shape index (κ2) is 4.65. The average molecular weight is 266 g/mol. The van der Waals surface area contributed by atoms with E-state index < -0.39 is 0 Å². The topological polar surface area (TPSA) is 41.6 Å². The van der Waals surface area contributed by atoms with E-state index in [4.69, 9.17) is 4.74 Å². The molecule has 4 nitrogen and oxygen atoms in total. The molecule has 0 aromatic heterocycles. The lowest BCUT2D eigenvalue weighted by molar-refractivity contribution is 0.0826. The molecule has 3 fully saturated rings. The van der Waals surface area contributed by atoms with E-state index in [9.17, 15) is 4.79 Å². The van der Waals surface area contributed by atoms with Crippen molar-refractivity contribution in [1.82, 2.24) is 10.2 Å². The second-order valence-corrected chi connectivity index (χ2v) is 7.40. The van der Waals surface area contributed by atoms with Gasteiger partial charge in [0.05, 0.1) is 6.61 Å². The average Bonchev–Trinajstić information content (AvgIpc) is 2.77. The Bertz CT molecular complexity index is 361. The van der Waals surface area contributed by atoms with Crippen molar-refractivity contribution >= 4 is 6.03 Å². The van der Waals surface area contributed by atoms with E-state index in [0.29, 0.717) is 11.3 Å². The SMILES string of the molecule is CC1(C)CC1CNC(=O)N1CCCC2(CCOC2)C1. The van der Waals surface area contributed by atoms with E-state index in [-0.39, 0.29) is 11.4 Å². The smallest absolute Gasteiger partial charge is 0.317 e. The highest BCUT2D eigenvalue weighted by Crippen LogP contribution is 2.51. The molecule has 2 heterocycles. The van der Waals surface area contributed by atoms with Gasteiger partial charge in [-0.25, -0.2) is 4.79 Å². The summed E-state index contributed by atoms with van der Waals surface area (Å²) < 4.78 is 5.54. The minimum Gasteiger partial charge on any atom is -0.381 e. The third-order valence-corrected chi connectivity index (χ3v) is 5.35. The Labute approximate surface area is 115 Å². The zero-order valence-electron chi connectivity index (χ0n) is 12.2. The van der Waals surface area contributed by atoms with Crippen molar-refractivity contribution in [3.8, 4) is 0 Å². The van der Waals surface area contributed by atoms with Crippen molar-refractivity contribution < 1.29 is 9.53 Å². The first kappa shape index (κ1) is 13.2. The van der Waals surface area contributed by atoms with E-state index in [1.165, 1.54) is 12.8 Å². The molecule has 2 aliphatic heterocycles. The van der Waals surface area contributed by atoms with Crippen LogP contribution in [0.2, 0.25) is 0 Å². The maximum Gasteiger partial charge on any atom is 0.317 e. The summed E-state index contributed by atoms with van der Waals surface area (Å²) in [5.41, 5.74) is 0.699. The van der Waals surface area contributed by atoms with Crippen molar-refractivity contribution in [2.75, 3.05) is 32.8 Å². The molecule has 2 unspecified atom stereocenters. The number of nitrogens with one attached hydrogen (secondary N) is 1. The molecule has 0 aromatic carbocycles. The van der Waals surface area contributed by atoms with Gasteiger partial charge in [-0.1, -0.05) is 13.8 Å². The number of nitrogens with zero attached hydrogens (tertiary/aromatic N) is 1. The maximum atomic E-state index is 12.3. The van der Waals surface area contributed by atoms with Gasteiger partial charge in [0, 0.05) is 31.7 Å². The van der Waals surface area contributed by atoms with Crippen LogP contribution in [0.1, 0.15) is 39.5 Å². The summed E-state index contributed by atoms with van der Waals surface area (Å²) in [7, 11) is 0. The highest BCUT2D eigenvalue weighted by Gasteiger charge is 2.46. The molecule has 1 saturated carbocycles. The Morgan fingerprint density at radius 2 is 2.21 bits per heavy atom. The predicted molar refractivity (Wildman–Crippen MR) is 74.0 cm³/mol. The van der Waals surface area contributed by atoms with Crippen LogP contribution in [0.15, 0.2) is 0 Å². The number of piperidine rings is 1. The Morgan fingerprint density at radius 1 is 1.42 bits per heavy atom. The van der Waals surface area contributed by atoms with Gasteiger partial charge in [-0.3, -0.25) is 0 Å². The van der Waals surface area contributed by atoms with Crippen LogP contribution >= 0.6 is 0 Å². The van der Waals surface area contributed by atoms with Crippen LogP contribution in [0.5, 0.6) is 0 Å². The number of carbonyl (C=O) groups is 1. The molecule has 3 rings (SSSR count). The van der Waals surface area contributed by atoms with E-state index in [2.05, 4.69) is 19.2 Å². The number of urea groups is 1. The number of rotatable bonds is 2. The Balaban J connectivity index is 1.49. The third kappa shape index (κ3) is 2.73. The fraction of sp³-hybridized carbons (Fsp3) is 0.933.